The zero-order valence-corrected chi connectivity index (χ0v) is 14.4. The van der Waals surface area contributed by atoms with Crippen LogP contribution in [0.3, 0.4) is 0 Å². The van der Waals surface area contributed by atoms with E-state index < -0.39 is 0 Å². The molecule has 0 N–H and O–H groups in total. The monoisotopic (exact) mass is 269 g/mol. The molecule has 0 rings (SSSR count). The third-order valence-electron chi connectivity index (χ3n) is 4.67. The van der Waals surface area contributed by atoms with Gasteiger partial charge in [-0.15, -0.1) is 0 Å². The van der Waals surface area contributed by atoms with Gasteiger partial charge in [-0.25, -0.2) is 0 Å². The Kier molecular flexibility index (Phi) is 12.9. The van der Waals surface area contributed by atoms with Crippen molar-refractivity contribution in [1.29, 1.82) is 0 Å². The molecular weight excluding hydrogens is 230 g/mol. The van der Waals surface area contributed by atoms with Crippen LogP contribution in [0.15, 0.2) is 0 Å². The fourth-order valence-electron chi connectivity index (χ4n) is 2.74. The van der Waals surface area contributed by atoms with Crippen LogP contribution in [-0.2, 0) is 0 Å². The van der Waals surface area contributed by atoms with E-state index in [0.29, 0.717) is 0 Å². The maximum atomic E-state index is 2.47. The van der Waals surface area contributed by atoms with Crippen molar-refractivity contribution in [3.63, 3.8) is 0 Å². The lowest BCUT2D eigenvalue weighted by Gasteiger charge is -2.17. The number of hydrogen-bond acceptors (Lipinski definition) is 1. The molecule has 0 aliphatic carbocycles. The largest absolute Gasteiger partial charge is 0.306 e. The lowest BCUT2D eigenvalue weighted by Crippen LogP contribution is -2.20. The second-order valence-electron chi connectivity index (χ2n) is 6.58. The van der Waals surface area contributed by atoms with E-state index in [-0.39, 0.29) is 0 Å². The summed E-state index contributed by atoms with van der Waals surface area (Å²) >= 11 is 0. The topological polar surface area (TPSA) is 3.24 Å². The normalized spacial score (nSPS) is 14.8. The molecule has 19 heavy (non-hydrogen) atoms. The number of hydrogen-bond donors (Lipinski definition) is 0. The zero-order chi connectivity index (χ0) is 14.5. The van der Waals surface area contributed by atoms with Crippen LogP contribution < -0.4 is 0 Å². The van der Waals surface area contributed by atoms with Crippen LogP contribution in [0.25, 0.3) is 0 Å². The summed E-state index contributed by atoms with van der Waals surface area (Å²) in [4.78, 5) is 2.47. The molecule has 0 saturated heterocycles. The second-order valence-corrected chi connectivity index (χ2v) is 6.58. The molecule has 0 saturated carbocycles. The molecule has 116 valence electrons. The Morgan fingerprint density at radius 1 is 0.737 bits per heavy atom. The minimum Gasteiger partial charge on any atom is -0.306 e. The van der Waals surface area contributed by atoms with Crippen molar-refractivity contribution in [2.24, 2.45) is 11.8 Å². The van der Waals surface area contributed by atoms with Crippen LogP contribution in [0, 0.1) is 11.8 Å². The maximum Gasteiger partial charge on any atom is -0.00218 e. The van der Waals surface area contributed by atoms with Gasteiger partial charge in [0.2, 0.25) is 0 Å². The van der Waals surface area contributed by atoms with E-state index in [1.807, 2.05) is 0 Å². The summed E-state index contributed by atoms with van der Waals surface area (Å²) in [5, 5.41) is 0. The van der Waals surface area contributed by atoms with Crippen molar-refractivity contribution < 1.29 is 0 Å². The molecule has 0 radical (unpaired) electrons. The summed E-state index contributed by atoms with van der Waals surface area (Å²) in [5.74, 6) is 1.83. The van der Waals surface area contributed by atoms with Crippen molar-refractivity contribution in [2.75, 3.05) is 20.1 Å². The van der Waals surface area contributed by atoms with Crippen LogP contribution in [0.4, 0.5) is 0 Å². The van der Waals surface area contributed by atoms with Crippen LogP contribution in [-0.4, -0.2) is 25.0 Å². The Labute approximate surface area is 123 Å². The molecule has 1 heteroatoms. The first kappa shape index (κ1) is 19.0. The molecular formula is C18H39N. The minimum absolute atomic E-state index is 0.911. The van der Waals surface area contributed by atoms with E-state index in [9.17, 15) is 0 Å². The first-order valence-electron chi connectivity index (χ1n) is 8.80. The maximum absolute atomic E-state index is 2.47. The van der Waals surface area contributed by atoms with Gasteiger partial charge in [-0.3, -0.25) is 0 Å². The van der Waals surface area contributed by atoms with E-state index in [2.05, 4.69) is 39.6 Å². The first-order chi connectivity index (χ1) is 9.11. The van der Waals surface area contributed by atoms with Crippen LogP contribution in [0.5, 0.6) is 0 Å². The summed E-state index contributed by atoms with van der Waals surface area (Å²) in [6, 6.07) is 0. The van der Waals surface area contributed by atoms with Crippen LogP contribution in [0.2, 0.25) is 0 Å². The SMILES string of the molecule is CCCN(C)CCCCCCCC[C@H](C)C(C)CC. The van der Waals surface area contributed by atoms with Gasteiger partial charge < -0.3 is 4.90 Å². The predicted molar refractivity (Wildman–Crippen MR) is 88.7 cm³/mol. The van der Waals surface area contributed by atoms with Crippen LogP contribution >= 0.6 is 0 Å². The Morgan fingerprint density at radius 3 is 1.89 bits per heavy atom. The molecule has 0 aromatic heterocycles. The van der Waals surface area contributed by atoms with E-state index in [1.165, 1.54) is 70.9 Å². The average molecular weight is 270 g/mol. The van der Waals surface area contributed by atoms with Crippen molar-refractivity contribution in [2.45, 2.75) is 85.5 Å². The molecule has 2 atom stereocenters. The third-order valence-corrected chi connectivity index (χ3v) is 4.67. The lowest BCUT2D eigenvalue weighted by atomic mass is 9.89. The Bertz CT molecular complexity index is 179. The Morgan fingerprint density at radius 2 is 1.32 bits per heavy atom. The Hall–Kier alpha value is -0.0400. The summed E-state index contributed by atoms with van der Waals surface area (Å²) in [5.41, 5.74) is 0. The van der Waals surface area contributed by atoms with Gasteiger partial charge in [0, 0.05) is 0 Å². The van der Waals surface area contributed by atoms with Gasteiger partial charge in [0.1, 0.15) is 0 Å². The molecule has 0 heterocycles. The second kappa shape index (κ2) is 13.0. The first-order valence-corrected chi connectivity index (χ1v) is 8.80. The van der Waals surface area contributed by atoms with Gasteiger partial charge in [0.15, 0.2) is 0 Å². The molecule has 0 aliphatic rings. The summed E-state index contributed by atoms with van der Waals surface area (Å²) in [6.45, 7) is 12.0. The van der Waals surface area contributed by atoms with Gasteiger partial charge in [-0.2, -0.15) is 0 Å². The number of nitrogens with zero attached hydrogens (tertiary/aromatic N) is 1. The third kappa shape index (κ3) is 11.5. The van der Waals surface area contributed by atoms with Crippen molar-refractivity contribution in [3.05, 3.63) is 0 Å². The highest BCUT2D eigenvalue weighted by Crippen LogP contribution is 2.21. The van der Waals surface area contributed by atoms with Gasteiger partial charge in [0.25, 0.3) is 0 Å². The average Bonchev–Trinajstić information content (AvgIpc) is 2.40. The Balaban J connectivity index is 3.23. The van der Waals surface area contributed by atoms with Crippen molar-refractivity contribution in [3.8, 4) is 0 Å². The van der Waals surface area contributed by atoms with Crippen molar-refractivity contribution in [1.82, 2.24) is 4.90 Å². The van der Waals surface area contributed by atoms with Gasteiger partial charge in [0.05, 0.1) is 0 Å². The van der Waals surface area contributed by atoms with E-state index >= 15 is 0 Å². The summed E-state index contributed by atoms with van der Waals surface area (Å²) in [7, 11) is 2.25. The highest BCUT2D eigenvalue weighted by Gasteiger charge is 2.08. The highest BCUT2D eigenvalue weighted by atomic mass is 15.1. The molecule has 0 aromatic carbocycles. The highest BCUT2D eigenvalue weighted by molar-refractivity contribution is 4.60. The fourth-order valence-corrected chi connectivity index (χ4v) is 2.74. The smallest absolute Gasteiger partial charge is 0.00218 e. The lowest BCUT2D eigenvalue weighted by molar-refractivity contribution is 0.322. The molecule has 0 aromatic rings. The fraction of sp³-hybridized carbons (Fsp3) is 1.00. The zero-order valence-electron chi connectivity index (χ0n) is 14.4. The molecule has 1 unspecified atom stereocenters. The quantitative estimate of drug-likeness (QED) is 0.385. The minimum atomic E-state index is 0.911. The van der Waals surface area contributed by atoms with Crippen LogP contribution in [0.1, 0.15) is 85.5 Å². The molecule has 0 amide bonds. The molecule has 0 aliphatic heterocycles. The molecule has 0 spiro atoms. The van der Waals surface area contributed by atoms with Gasteiger partial charge >= 0.3 is 0 Å². The van der Waals surface area contributed by atoms with E-state index in [1.54, 1.807) is 0 Å². The molecule has 0 fully saturated rings. The van der Waals surface area contributed by atoms with Gasteiger partial charge in [-0.05, 0) is 44.8 Å². The summed E-state index contributed by atoms with van der Waals surface area (Å²) < 4.78 is 0. The van der Waals surface area contributed by atoms with E-state index in [0.717, 1.165) is 11.8 Å². The molecule has 0 bridgehead atoms. The van der Waals surface area contributed by atoms with Crippen molar-refractivity contribution >= 4 is 0 Å². The van der Waals surface area contributed by atoms with Gasteiger partial charge in [-0.1, -0.05) is 72.6 Å². The number of unbranched alkanes of at least 4 members (excludes halogenated alkanes) is 5. The predicted octanol–water partition coefficient (Wildman–Crippen LogP) is 5.74. The summed E-state index contributed by atoms with van der Waals surface area (Å²) in [6.07, 6.45) is 12.7. The molecule has 1 nitrogen and oxygen atoms in total. The number of rotatable bonds is 13. The van der Waals surface area contributed by atoms with E-state index in [4.69, 9.17) is 0 Å². The standard InChI is InChI=1S/C18H39N/c1-6-15-19(5)16-13-11-9-8-10-12-14-18(4)17(3)7-2/h17-18H,6-16H2,1-5H3/t17?,18-/m0/s1.